The summed E-state index contributed by atoms with van der Waals surface area (Å²) in [7, 11) is -3.90. The molecule has 4 aliphatic heterocycles. The zero-order valence-electron chi connectivity index (χ0n) is 29.9. The molecule has 1 aromatic rings. The standard InChI is InChI=1S/C38H49N5O9S/c1-2-27-21-38(27,35(46)41-53(49,50)29-15-16-29)40-33(44)31-20-28-23-43(31)34(45)32(25-11-5-3-6-12-25)39-36(47)51-19-8-4-7-10-24-13-9-14-26-22-42(37(48)52-28)18-17-30(24)26/h2,7,9-10,13-14,25,27-29,31-32H,1,3-6,8,11-12,15-23H2,(H,39,47)(H,40,44)(H,41,46)/b10-7+/t27-,28-,31+,32+,38-/m1/s1. The molecule has 286 valence electrons. The van der Waals surface area contributed by atoms with E-state index in [9.17, 15) is 32.4 Å². The van der Waals surface area contributed by atoms with Crippen LogP contribution in [-0.2, 0) is 46.8 Å². The number of hydrogen-bond acceptors (Lipinski definition) is 9. The number of rotatable bonds is 7. The molecule has 4 heterocycles. The number of ether oxygens (including phenoxy) is 2. The van der Waals surface area contributed by atoms with Crippen LogP contribution in [0, 0.1) is 11.8 Å². The highest BCUT2D eigenvalue weighted by Gasteiger charge is 2.62. The second-order valence-electron chi connectivity index (χ2n) is 15.3. The molecular weight excluding hydrogens is 703 g/mol. The van der Waals surface area contributed by atoms with Crippen molar-refractivity contribution in [3.8, 4) is 0 Å². The molecule has 53 heavy (non-hydrogen) atoms. The number of allylic oxidation sites excluding steroid dienone is 1. The third-order valence-corrected chi connectivity index (χ3v) is 13.5. The number of amides is 5. The van der Waals surface area contributed by atoms with Crippen molar-refractivity contribution in [2.24, 2.45) is 11.8 Å². The van der Waals surface area contributed by atoms with Crippen molar-refractivity contribution < 1.29 is 41.9 Å². The maximum absolute atomic E-state index is 14.6. The van der Waals surface area contributed by atoms with Crippen molar-refractivity contribution in [2.75, 3.05) is 19.7 Å². The fraction of sp³-hybridized carbons (Fsp3) is 0.605. The Balaban J connectivity index is 1.16. The van der Waals surface area contributed by atoms with Crippen LogP contribution < -0.4 is 15.4 Å². The van der Waals surface area contributed by atoms with E-state index in [1.807, 2.05) is 24.3 Å². The van der Waals surface area contributed by atoms with Gasteiger partial charge in [-0.1, -0.05) is 55.7 Å². The van der Waals surface area contributed by atoms with Gasteiger partial charge in [0.15, 0.2) is 0 Å². The van der Waals surface area contributed by atoms with Gasteiger partial charge in [-0.15, -0.1) is 6.58 Å². The summed E-state index contributed by atoms with van der Waals surface area (Å²) in [6.45, 7) is 4.60. The predicted octanol–water partition coefficient (Wildman–Crippen LogP) is 3.30. The van der Waals surface area contributed by atoms with Crippen LogP contribution in [0.4, 0.5) is 9.59 Å². The van der Waals surface area contributed by atoms with Crippen molar-refractivity contribution >= 4 is 46.0 Å². The normalized spacial score (nSPS) is 30.4. The van der Waals surface area contributed by atoms with Gasteiger partial charge in [0.2, 0.25) is 21.8 Å². The van der Waals surface area contributed by atoms with Gasteiger partial charge in [-0.2, -0.15) is 0 Å². The summed E-state index contributed by atoms with van der Waals surface area (Å²) in [6, 6.07) is 3.81. The Morgan fingerprint density at radius 3 is 2.58 bits per heavy atom. The summed E-state index contributed by atoms with van der Waals surface area (Å²) in [4.78, 5) is 72.1. The topological polar surface area (TPSA) is 181 Å². The van der Waals surface area contributed by atoms with Crippen molar-refractivity contribution in [3.05, 3.63) is 53.6 Å². The van der Waals surface area contributed by atoms with E-state index in [4.69, 9.17) is 9.47 Å². The van der Waals surface area contributed by atoms with E-state index >= 15 is 0 Å². The molecule has 15 heteroatoms. The van der Waals surface area contributed by atoms with Gasteiger partial charge in [0.05, 0.1) is 18.4 Å². The maximum Gasteiger partial charge on any atom is 0.410 e. The molecule has 0 aromatic heterocycles. The first kappa shape index (κ1) is 36.9. The molecule has 3 aliphatic carbocycles. The lowest BCUT2D eigenvalue weighted by atomic mass is 9.83. The van der Waals surface area contributed by atoms with Gasteiger partial charge in [0, 0.05) is 25.4 Å². The summed E-state index contributed by atoms with van der Waals surface area (Å²) >= 11 is 0. The van der Waals surface area contributed by atoms with Crippen LogP contribution in [0.2, 0.25) is 0 Å². The molecule has 3 N–H and O–H groups in total. The summed E-state index contributed by atoms with van der Waals surface area (Å²) in [6.07, 6.45) is 10.5. The number of nitrogens with zero attached hydrogens (tertiary/aromatic N) is 2. The molecule has 5 amide bonds. The van der Waals surface area contributed by atoms with Crippen LogP contribution in [0.3, 0.4) is 0 Å². The third-order valence-electron chi connectivity index (χ3n) is 11.6. The Hall–Kier alpha value is -4.40. The fourth-order valence-corrected chi connectivity index (χ4v) is 9.70. The van der Waals surface area contributed by atoms with Gasteiger partial charge in [-0.25, -0.2) is 18.0 Å². The highest BCUT2D eigenvalue weighted by Crippen LogP contribution is 2.45. The number of sulfonamides is 1. The highest BCUT2D eigenvalue weighted by atomic mass is 32.2. The second-order valence-corrected chi connectivity index (χ2v) is 17.2. The molecular formula is C38H49N5O9S. The molecule has 0 spiro atoms. The van der Waals surface area contributed by atoms with Crippen LogP contribution in [-0.4, -0.2) is 96.8 Å². The van der Waals surface area contributed by atoms with Crippen LogP contribution in [0.5, 0.6) is 0 Å². The number of nitrogens with one attached hydrogen (secondary N) is 3. The fourth-order valence-electron chi connectivity index (χ4n) is 8.33. The SMILES string of the molecule is C=C[C@@H]1C[C@]1(NC(=O)[C@@H]1C[C@@H]2CN1C(=O)[C@H](C1CCCCC1)NC(=O)OCCC/C=C/c1cccc3c1CCN(C3)C(=O)O2)C(=O)NS(=O)(=O)C1CC1. The van der Waals surface area contributed by atoms with E-state index in [2.05, 4.69) is 28.0 Å². The Kier molecular flexibility index (Phi) is 10.6. The first-order chi connectivity index (χ1) is 25.5. The van der Waals surface area contributed by atoms with Crippen molar-refractivity contribution in [3.63, 3.8) is 0 Å². The Morgan fingerprint density at radius 2 is 1.85 bits per heavy atom. The van der Waals surface area contributed by atoms with Crippen molar-refractivity contribution in [1.29, 1.82) is 0 Å². The van der Waals surface area contributed by atoms with E-state index in [0.29, 0.717) is 58.0 Å². The van der Waals surface area contributed by atoms with Crippen LogP contribution >= 0.6 is 0 Å². The zero-order chi connectivity index (χ0) is 37.3. The zero-order valence-corrected chi connectivity index (χ0v) is 30.7. The number of fused-ring (bicyclic) bond motifs is 10. The molecule has 8 rings (SSSR count). The van der Waals surface area contributed by atoms with Gasteiger partial charge < -0.3 is 29.9 Å². The molecule has 1 saturated heterocycles. The van der Waals surface area contributed by atoms with Gasteiger partial charge >= 0.3 is 12.2 Å². The number of carbonyl (C=O) groups is 5. The largest absolute Gasteiger partial charge is 0.450 e. The Labute approximate surface area is 310 Å². The summed E-state index contributed by atoms with van der Waals surface area (Å²) in [5, 5.41) is 4.95. The van der Waals surface area contributed by atoms with Gasteiger partial charge in [0.1, 0.15) is 23.7 Å². The minimum Gasteiger partial charge on any atom is -0.450 e. The van der Waals surface area contributed by atoms with Crippen LogP contribution in [0.15, 0.2) is 36.9 Å². The lowest BCUT2D eigenvalue weighted by Crippen LogP contribution is -2.59. The lowest BCUT2D eigenvalue weighted by Gasteiger charge is -2.34. The minimum atomic E-state index is -3.90. The summed E-state index contributed by atoms with van der Waals surface area (Å²) < 4.78 is 39.1. The molecule has 4 fully saturated rings. The quantitative estimate of drug-likeness (QED) is 0.353. The minimum absolute atomic E-state index is 0.0542. The molecule has 1 aromatic carbocycles. The van der Waals surface area contributed by atoms with Crippen LogP contribution in [0.25, 0.3) is 6.08 Å². The number of hydrogen-bond donors (Lipinski definition) is 3. The third kappa shape index (κ3) is 7.95. The Bertz CT molecular complexity index is 1790. The monoisotopic (exact) mass is 751 g/mol. The smallest absolute Gasteiger partial charge is 0.410 e. The van der Waals surface area contributed by atoms with E-state index in [-0.39, 0.29) is 31.9 Å². The van der Waals surface area contributed by atoms with Gasteiger partial charge in [-0.05, 0) is 74.0 Å². The van der Waals surface area contributed by atoms with E-state index in [0.717, 1.165) is 36.0 Å². The van der Waals surface area contributed by atoms with E-state index in [1.165, 1.54) is 11.0 Å². The van der Waals surface area contributed by atoms with Gasteiger partial charge in [-0.3, -0.25) is 19.1 Å². The average molecular weight is 752 g/mol. The molecule has 5 atom stereocenters. The number of carbonyl (C=O) groups excluding carboxylic acids is 5. The van der Waals surface area contributed by atoms with Crippen molar-refractivity contribution in [1.82, 2.24) is 25.2 Å². The highest BCUT2D eigenvalue weighted by molar-refractivity contribution is 7.91. The second kappa shape index (κ2) is 15.2. The summed E-state index contributed by atoms with van der Waals surface area (Å²) in [5.74, 6) is -2.77. The molecule has 3 saturated carbocycles. The molecule has 14 nitrogen and oxygen atoms in total. The lowest BCUT2D eigenvalue weighted by molar-refractivity contribution is -0.142. The number of alkyl carbamates (subject to hydrolysis) is 1. The van der Waals surface area contributed by atoms with Crippen molar-refractivity contribution in [2.45, 2.75) is 113 Å². The summed E-state index contributed by atoms with van der Waals surface area (Å²) in [5.41, 5.74) is 1.67. The number of benzene rings is 1. The van der Waals surface area contributed by atoms with E-state index < -0.39 is 74.8 Å². The van der Waals surface area contributed by atoms with E-state index in [1.54, 1.807) is 4.90 Å². The maximum atomic E-state index is 14.6. The van der Waals surface area contributed by atoms with Crippen LogP contribution in [0.1, 0.15) is 87.3 Å². The molecule has 0 unspecified atom stereocenters. The first-order valence-corrected chi connectivity index (χ1v) is 20.5. The predicted molar refractivity (Wildman–Crippen MR) is 193 cm³/mol. The molecule has 0 radical (unpaired) electrons. The molecule has 6 bridgehead atoms. The molecule has 7 aliphatic rings. The average Bonchev–Trinajstić information content (AvgIpc) is 4.08. The van der Waals surface area contributed by atoms with Gasteiger partial charge in [0.25, 0.3) is 5.91 Å². The Morgan fingerprint density at radius 1 is 1.06 bits per heavy atom. The first-order valence-electron chi connectivity index (χ1n) is 19.0.